The van der Waals surface area contributed by atoms with Gasteiger partial charge >= 0.3 is 5.97 Å². The molecule has 2 saturated heterocycles. The summed E-state index contributed by atoms with van der Waals surface area (Å²) in [7, 11) is 5.08. The molecule has 0 aliphatic carbocycles. The molecule has 0 aromatic carbocycles. The van der Waals surface area contributed by atoms with Crippen LogP contribution >= 0.6 is 0 Å². The predicted octanol–water partition coefficient (Wildman–Crippen LogP) is 1.72. The summed E-state index contributed by atoms with van der Waals surface area (Å²) in [5.74, 6) is -1.47. The molecule has 0 bridgehead atoms. The fourth-order valence-corrected chi connectivity index (χ4v) is 6.17. The van der Waals surface area contributed by atoms with Gasteiger partial charge in [-0.25, -0.2) is 0 Å². The van der Waals surface area contributed by atoms with Crippen LogP contribution in [0.25, 0.3) is 0 Å². The van der Waals surface area contributed by atoms with Gasteiger partial charge < -0.3 is 19.3 Å². The lowest BCUT2D eigenvalue weighted by molar-refractivity contribution is -0.162. The zero-order valence-electron chi connectivity index (χ0n) is 25.1. The standard InChI is InChI=1S/C29H44N4O7/c1-10-16(2)26(30(7)8)29(38)40-23-14-19(5)32(28(23)37)21-13-18(4)31(27(21)36)17(3)11-12-24(34)33-20(6)22(39-9)15-25(33)35/h11-12,15-21,23,26H,10,13-14H2,1-9H3/b12-11+/t16-,17-,18?,19?,20-,21-,23-,26+/m0/s1. The number of nitrogens with zero attached hydrogens (tertiary/aromatic N) is 4. The Kier molecular flexibility index (Phi) is 9.81. The molecule has 4 amide bonds. The zero-order chi connectivity index (χ0) is 30.0. The smallest absolute Gasteiger partial charge is 0.324 e. The topological polar surface area (TPSA) is 117 Å². The summed E-state index contributed by atoms with van der Waals surface area (Å²) in [6, 6.07) is -2.56. The molecule has 2 unspecified atom stereocenters. The molecule has 3 aliphatic heterocycles. The summed E-state index contributed by atoms with van der Waals surface area (Å²) in [5, 5.41) is 0. The summed E-state index contributed by atoms with van der Waals surface area (Å²) in [5.41, 5.74) is 0. The van der Waals surface area contributed by atoms with Gasteiger partial charge in [-0.2, -0.15) is 0 Å². The number of esters is 1. The van der Waals surface area contributed by atoms with E-state index >= 15 is 0 Å². The van der Waals surface area contributed by atoms with E-state index in [0.717, 1.165) is 11.3 Å². The van der Waals surface area contributed by atoms with E-state index in [9.17, 15) is 24.0 Å². The van der Waals surface area contributed by atoms with Crippen molar-refractivity contribution in [1.29, 1.82) is 0 Å². The Hall–Kier alpha value is -3.21. The minimum atomic E-state index is -0.924. The molecule has 222 valence electrons. The van der Waals surface area contributed by atoms with Crippen molar-refractivity contribution in [3.05, 3.63) is 24.0 Å². The number of likely N-dealkylation sites (tertiary alicyclic amines) is 2. The van der Waals surface area contributed by atoms with Crippen LogP contribution in [0.3, 0.4) is 0 Å². The van der Waals surface area contributed by atoms with Crippen molar-refractivity contribution in [2.75, 3.05) is 21.2 Å². The molecule has 11 heteroatoms. The highest BCUT2D eigenvalue weighted by atomic mass is 16.6. The third-order valence-corrected chi connectivity index (χ3v) is 8.45. The van der Waals surface area contributed by atoms with Gasteiger partial charge in [0.2, 0.25) is 5.91 Å². The Balaban J connectivity index is 1.68. The molecule has 0 aromatic rings. The molecular weight excluding hydrogens is 516 g/mol. The normalized spacial score (nSPS) is 29.4. The second-order valence-electron chi connectivity index (χ2n) is 11.5. The van der Waals surface area contributed by atoms with Gasteiger partial charge in [-0.15, -0.1) is 0 Å². The molecule has 3 aliphatic rings. The highest BCUT2D eigenvalue weighted by Crippen LogP contribution is 2.33. The van der Waals surface area contributed by atoms with Gasteiger partial charge in [-0.05, 0) is 54.1 Å². The minimum absolute atomic E-state index is 0.0601. The molecule has 40 heavy (non-hydrogen) atoms. The average molecular weight is 561 g/mol. The Morgan fingerprint density at radius 1 is 1.07 bits per heavy atom. The van der Waals surface area contributed by atoms with Crippen LogP contribution in [0.1, 0.15) is 60.8 Å². The predicted molar refractivity (Wildman–Crippen MR) is 147 cm³/mol. The first kappa shape index (κ1) is 31.3. The molecule has 0 saturated carbocycles. The van der Waals surface area contributed by atoms with Crippen molar-refractivity contribution in [2.45, 2.75) is 103 Å². The molecule has 3 heterocycles. The van der Waals surface area contributed by atoms with E-state index in [1.165, 1.54) is 19.3 Å². The van der Waals surface area contributed by atoms with Crippen LogP contribution < -0.4 is 0 Å². The van der Waals surface area contributed by atoms with Crippen LogP contribution in [0.5, 0.6) is 0 Å². The summed E-state index contributed by atoms with van der Waals surface area (Å²) >= 11 is 0. The van der Waals surface area contributed by atoms with Gasteiger partial charge in [-0.3, -0.25) is 33.8 Å². The fourth-order valence-electron chi connectivity index (χ4n) is 6.17. The number of carbonyl (C=O) groups is 5. The van der Waals surface area contributed by atoms with Crippen molar-refractivity contribution < 1.29 is 33.4 Å². The zero-order valence-corrected chi connectivity index (χ0v) is 25.1. The maximum Gasteiger partial charge on any atom is 0.324 e. The van der Waals surface area contributed by atoms with Crippen LogP contribution in [-0.2, 0) is 33.4 Å². The van der Waals surface area contributed by atoms with Crippen molar-refractivity contribution in [3.8, 4) is 0 Å². The van der Waals surface area contributed by atoms with Crippen molar-refractivity contribution in [2.24, 2.45) is 5.92 Å². The van der Waals surface area contributed by atoms with E-state index in [4.69, 9.17) is 9.47 Å². The Morgan fingerprint density at radius 2 is 1.73 bits per heavy atom. The lowest BCUT2D eigenvalue weighted by atomic mass is 9.98. The molecule has 11 nitrogen and oxygen atoms in total. The van der Waals surface area contributed by atoms with Crippen LogP contribution in [0.4, 0.5) is 0 Å². The molecule has 0 N–H and O–H groups in total. The quantitative estimate of drug-likeness (QED) is 0.293. The number of carbonyl (C=O) groups excluding carboxylic acids is 5. The Bertz CT molecular complexity index is 1090. The van der Waals surface area contributed by atoms with E-state index in [1.54, 1.807) is 29.7 Å². The van der Waals surface area contributed by atoms with E-state index in [-0.39, 0.29) is 29.8 Å². The van der Waals surface area contributed by atoms with Gasteiger partial charge in [0.15, 0.2) is 6.10 Å². The van der Waals surface area contributed by atoms with E-state index in [1.807, 2.05) is 46.7 Å². The summed E-state index contributed by atoms with van der Waals surface area (Å²) in [6.07, 6.45) is 4.81. The Morgan fingerprint density at radius 3 is 2.27 bits per heavy atom. The molecule has 0 radical (unpaired) electrons. The highest BCUT2D eigenvalue weighted by molar-refractivity contribution is 6.07. The van der Waals surface area contributed by atoms with E-state index in [0.29, 0.717) is 18.6 Å². The molecule has 0 spiro atoms. The second kappa shape index (κ2) is 12.5. The first-order valence-electron chi connectivity index (χ1n) is 14.1. The van der Waals surface area contributed by atoms with Crippen LogP contribution in [-0.4, -0.2) is 113 Å². The number of ether oxygens (including phenoxy) is 2. The SMILES string of the molecule is CC[C@H](C)[C@H](C(=O)O[C@H]1CC(C)N([C@H]2CC(C)N([C@@H](C)/C=C/C(=O)N3C(=O)C=C(OC)[C@@H]3C)C2=O)C1=O)N(C)C. The van der Waals surface area contributed by atoms with Gasteiger partial charge in [0, 0.05) is 36.7 Å². The number of methoxy groups -OCH3 is 1. The largest absolute Gasteiger partial charge is 0.499 e. The maximum atomic E-state index is 13.6. The monoisotopic (exact) mass is 560 g/mol. The summed E-state index contributed by atoms with van der Waals surface area (Å²) in [6.45, 7) is 11.3. The lowest BCUT2D eigenvalue weighted by Crippen LogP contribution is -2.49. The van der Waals surface area contributed by atoms with Gasteiger partial charge in [-0.1, -0.05) is 26.3 Å². The third kappa shape index (κ3) is 5.94. The molecule has 2 fully saturated rings. The van der Waals surface area contributed by atoms with Crippen LogP contribution in [0.2, 0.25) is 0 Å². The number of hydrogen-bond acceptors (Lipinski definition) is 8. The molecule has 0 aromatic heterocycles. The van der Waals surface area contributed by atoms with E-state index < -0.39 is 48.1 Å². The number of amides is 4. The van der Waals surface area contributed by atoms with Crippen molar-refractivity contribution >= 4 is 29.6 Å². The summed E-state index contributed by atoms with van der Waals surface area (Å²) in [4.78, 5) is 71.2. The van der Waals surface area contributed by atoms with Crippen molar-refractivity contribution in [1.82, 2.24) is 19.6 Å². The van der Waals surface area contributed by atoms with Crippen molar-refractivity contribution in [3.63, 3.8) is 0 Å². The molecule has 3 rings (SSSR count). The number of likely N-dealkylation sites (N-methyl/N-ethyl adjacent to an activating group) is 1. The number of hydrogen-bond donors (Lipinski definition) is 0. The third-order valence-electron chi connectivity index (χ3n) is 8.45. The summed E-state index contributed by atoms with van der Waals surface area (Å²) < 4.78 is 10.9. The highest BCUT2D eigenvalue weighted by Gasteiger charge is 2.51. The number of rotatable bonds is 10. The van der Waals surface area contributed by atoms with Gasteiger partial charge in [0.1, 0.15) is 17.8 Å². The van der Waals surface area contributed by atoms with Gasteiger partial charge in [0.25, 0.3) is 17.7 Å². The molecular formula is C29H44N4O7. The van der Waals surface area contributed by atoms with E-state index in [2.05, 4.69) is 0 Å². The first-order valence-corrected chi connectivity index (χ1v) is 14.1. The van der Waals surface area contributed by atoms with Crippen LogP contribution in [0.15, 0.2) is 24.0 Å². The second-order valence-corrected chi connectivity index (χ2v) is 11.5. The van der Waals surface area contributed by atoms with Gasteiger partial charge in [0.05, 0.1) is 13.2 Å². The lowest BCUT2D eigenvalue weighted by Gasteiger charge is -2.30. The molecule has 8 atom stereocenters. The Labute approximate surface area is 237 Å². The first-order chi connectivity index (χ1) is 18.7. The fraction of sp³-hybridized carbons (Fsp3) is 0.690. The minimum Gasteiger partial charge on any atom is -0.499 e. The maximum absolute atomic E-state index is 13.6. The number of imide groups is 1. The van der Waals surface area contributed by atoms with Crippen LogP contribution in [0, 0.1) is 5.92 Å². The average Bonchev–Trinajstić information content (AvgIpc) is 3.44.